The van der Waals surface area contributed by atoms with Gasteiger partial charge in [0, 0.05) is 26.2 Å². The molecule has 2 heterocycles. The van der Waals surface area contributed by atoms with Gasteiger partial charge in [-0.1, -0.05) is 13.8 Å². The first-order chi connectivity index (χ1) is 9.72. The van der Waals surface area contributed by atoms with Gasteiger partial charge in [-0.25, -0.2) is 0 Å². The summed E-state index contributed by atoms with van der Waals surface area (Å²) >= 11 is 0. The average molecular weight is 279 g/mol. The van der Waals surface area contributed by atoms with Crippen molar-refractivity contribution in [1.29, 1.82) is 0 Å². The zero-order valence-corrected chi connectivity index (χ0v) is 13.2. The molecular formula is C16H29N3O. The van der Waals surface area contributed by atoms with Crippen LogP contribution in [0.4, 0.5) is 0 Å². The molecule has 0 spiro atoms. The molecule has 4 heteroatoms. The molecule has 20 heavy (non-hydrogen) atoms. The first-order valence-corrected chi connectivity index (χ1v) is 7.96. The summed E-state index contributed by atoms with van der Waals surface area (Å²) in [5, 5.41) is 3.33. The Labute approximate surface area is 123 Å². The van der Waals surface area contributed by atoms with Gasteiger partial charge in [0.1, 0.15) is 11.5 Å². The van der Waals surface area contributed by atoms with Crippen LogP contribution in [0.2, 0.25) is 0 Å². The molecule has 1 saturated heterocycles. The van der Waals surface area contributed by atoms with Gasteiger partial charge in [0.15, 0.2) is 0 Å². The molecule has 1 aromatic rings. The van der Waals surface area contributed by atoms with Crippen LogP contribution in [0.3, 0.4) is 0 Å². The summed E-state index contributed by atoms with van der Waals surface area (Å²) in [6.45, 7) is 15.2. The van der Waals surface area contributed by atoms with Gasteiger partial charge in [0.05, 0.1) is 13.1 Å². The van der Waals surface area contributed by atoms with E-state index in [2.05, 4.69) is 42.0 Å². The topological polar surface area (TPSA) is 31.6 Å². The number of hydrogen-bond donors (Lipinski definition) is 1. The zero-order valence-electron chi connectivity index (χ0n) is 13.2. The van der Waals surface area contributed by atoms with E-state index in [0.29, 0.717) is 0 Å². The van der Waals surface area contributed by atoms with E-state index in [-0.39, 0.29) is 0 Å². The highest BCUT2D eigenvalue weighted by molar-refractivity contribution is 5.20. The maximum absolute atomic E-state index is 5.98. The standard InChI is InChI=1S/C16H29N3O/c1-4-6-18-7-9-19(10-8-18)13-15-11-14(3)16(20-15)12-17-5-2/h11,17H,4-10,12-13H2,1-3H3. The molecule has 0 atom stereocenters. The first kappa shape index (κ1) is 15.5. The van der Waals surface area contributed by atoms with Crippen molar-refractivity contribution >= 4 is 0 Å². The summed E-state index contributed by atoms with van der Waals surface area (Å²) < 4.78 is 5.98. The van der Waals surface area contributed by atoms with Crippen molar-refractivity contribution in [2.45, 2.75) is 40.3 Å². The van der Waals surface area contributed by atoms with Gasteiger partial charge in [-0.15, -0.1) is 0 Å². The SMILES string of the molecule is CCCN1CCN(Cc2cc(C)c(CNCC)o2)CC1. The molecule has 0 saturated carbocycles. The summed E-state index contributed by atoms with van der Waals surface area (Å²) in [6.07, 6.45) is 1.26. The first-order valence-electron chi connectivity index (χ1n) is 7.96. The molecule has 2 rings (SSSR count). The second-order valence-corrected chi connectivity index (χ2v) is 5.72. The lowest BCUT2D eigenvalue weighted by molar-refractivity contribution is 0.120. The van der Waals surface area contributed by atoms with Crippen molar-refractivity contribution in [1.82, 2.24) is 15.1 Å². The minimum absolute atomic E-state index is 0.840. The van der Waals surface area contributed by atoms with E-state index in [0.717, 1.165) is 44.2 Å². The number of nitrogens with zero attached hydrogens (tertiary/aromatic N) is 2. The quantitative estimate of drug-likeness (QED) is 0.829. The van der Waals surface area contributed by atoms with Gasteiger partial charge in [0.25, 0.3) is 0 Å². The van der Waals surface area contributed by atoms with Crippen LogP contribution < -0.4 is 5.32 Å². The molecular weight excluding hydrogens is 250 g/mol. The van der Waals surface area contributed by atoms with Crippen LogP contribution >= 0.6 is 0 Å². The van der Waals surface area contributed by atoms with Gasteiger partial charge in [-0.2, -0.15) is 0 Å². The van der Waals surface area contributed by atoms with Crippen LogP contribution in [-0.4, -0.2) is 49.1 Å². The molecule has 0 bridgehead atoms. The molecule has 0 amide bonds. The second kappa shape index (κ2) is 7.81. The monoisotopic (exact) mass is 279 g/mol. The third-order valence-corrected chi connectivity index (χ3v) is 3.99. The molecule has 0 aromatic carbocycles. The van der Waals surface area contributed by atoms with Crippen LogP contribution in [0.25, 0.3) is 0 Å². The smallest absolute Gasteiger partial charge is 0.120 e. The molecule has 1 N–H and O–H groups in total. The minimum Gasteiger partial charge on any atom is -0.463 e. The van der Waals surface area contributed by atoms with Gasteiger partial charge >= 0.3 is 0 Å². The molecule has 1 fully saturated rings. The Morgan fingerprint density at radius 1 is 1.15 bits per heavy atom. The number of furan rings is 1. The molecule has 114 valence electrons. The van der Waals surface area contributed by atoms with Crippen molar-refractivity contribution < 1.29 is 4.42 Å². The zero-order chi connectivity index (χ0) is 14.4. The highest BCUT2D eigenvalue weighted by Gasteiger charge is 2.18. The Morgan fingerprint density at radius 3 is 2.50 bits per heavy atom. The molecule has 0 unspecified atom stereocenters. The summed E-state index contributed by atoms with van der Waals surface area (Å²) in [4.78, 5) is 5.06. The van der Waals surface area contributed by atoms with Crippen LogP contribution in [0.1, 0.15) is 37.4 Å². The van der Waals surface area contributed by atoms with Crippen LogP contribution in [0.5, 0.6) is 0 Å². The van der Waals surface area contributed by atoms with Crippen molar-refractivity contribution in [2.24, 2.45) is 0 Å². The Balaban J connectivity index is 1.82. The Bertz CT molecular complexity index is 394. The Kier molecular flexibility index (Phi) is 6.07. The van der Waals surface area contributed by atoms with Crippen molar-refractivity contribution in [3.63, 3.8) is 0 Å². The number of aryl methyl sites for hydroxylation is 1. The van der Waals surface area contributed by atoms with Gasteiger partial charge in [0.2, 0.25) is 0 Å². The van der Waals surface area contributed by atoms with E-state index < -0.39 is 0 Å². The van der Waals surface area contributed by atoms with Crippen LogP contribution in [0, 0.1) is 6.92 Å². The predicted molar refractivity (Wildman–Crippen MR) is 82.8 cm³/mol. The fourth-order valence-electron chi connectivity index (χ4n) is 2.79. The molecule has 0 radical (unpaired) electrons. The van der Waals surface area contributed by atoms with Crippen molar-refractivity contribution in [2.75, 3.05) is 39.3 Å². The number of piperazine rings is 1. The van der Waals surface area contributed by atoms with Gasteiger partial charge in [-0.05, 0) is 38.1 Å². The largest absolute Gasteiger partial charge is 0.463 e. The average Bonchev–Trinajstić information content (AvgIpc) is 2.79. The maximum Gasteiger partial charge on any atom is 0.120 e. The summed E-state index contributed by atoms with van der Waals surface area (Å²) in [6, 6.07) is 2.20. The van der Waals surface area contributed by atoms with E-state index in [1.807, 2.05) is 0 Å². The fraction of sp³-hybridized carbons (Fsp3) is 0.750. The fourth-order valence-corrected chi connectivity index (χ4v) is 2.79. The third-order valence-electron chi connectivity index (χ3n) is 3.99. The number of hydrogen-bond acceptors (Lipinski definition) is 4. The minimum atomic E-state index is 0.840. The number of rotatable bonds is 7. The lowest BCUT2D eigenvalue weighted by atomic mass is 10.2. The van der Waals surface area contributed by atoms with E-state index in [1.54, 1.807) is 0 Å². The Morgan fingerprint density at radius 2 is 1.85 bits per heavy atom. The lowest BCUT2D eigenvalue weighted by Crippen LogP contribution is -2.45. The number of nitrogens with one attached hydrogen (secondary N) is 1. The van der Waals surface area contributed by atoms with E-state index in [9.17, 15) is 0 Å². The van der Waals surface area contributed by atoms with Crippen LogP contribution in [-0.2, 0) is 13.1 Å². The maximum atomic E-state index is 5.98. The van der Waals surface area contributed by atoms with Gasteiger partial charge in [-0.3, -0.25) is 4.90 Å². The normalized spacial score (nSPS) is 17.8. The third kappa shape index (κ3) is 4.33. The van der Waals surface area contributed by atoms with E-state index >= 15 is 0 Å². The van der Waals surface area contributed by atoms with Crippen molar-refractivity contribution in [3.05, 3.63) is 23.2 Å². The van der Waals surface area contributed by atoms with E-state index in [1.165, 1.54) is 31.6 Å². The van der Waals surface area contributed by atoms with E-state index in [4.69, 9.17) is 4.42 Å². The molecule has 1 aliphatic heterocycles. The molecule has 4 nitrogen and oxygen atoms in total. The lowest BCUT2D eigenvalue weighted by Gasteiger charge is -2.33. The predicted octanol–water partition coefficient (Wildman–Crippen LogP) is 2.23. The Hall–Kier alpha value is -0.840. The summed E-state index contributed by atoms with van der Waals surface area (Å²) in [5.74, 6) is 2.20. The molecule has 1 aliphatic rings. The summed E-state index contributed by atoms with van der Waals surface area (Å²) in [7, 11) is 0. The second-order valence-electron chi connectivity index (χ2n) is 5.72. The summed E-state index contributed by atoms with van der Waals surface area (Å²) in [5.41, 5.74) is 1.27. The van der Waals surface area contributed by atoms with Gasteiger partial charge < -0.3 is 14.6 Å². The molecule has 0 aliphatic carbocycles. The van der Waals surface area contributed by atoms with Crippen LogP contribution in [0.15, 0.2) is 10.5 Å². The highest BCUT2D eigenvalue weighted by atomic mass is 16.3. The highest BCUT2D eigenvalue weighted by Crippen LogP contribution is 2.17. The molecule has 1 aromatic heterocycles. The van der Waals surface area contributed by atoms with Crippen molar-refractivity contribution in [3.8, 4) is 0 Å².